The minimum Gasteiger partial charge on any atom is -0.497 e. The summed E-state index contributed by atoms with van der Waals surface area (Å²) in [4.78, 5) is 17.0. The topological polar surface area (TPSA) is 69.7 Å². The lowest BCUT2D eigenvalue weighted by Gasteiger charge is -2.14. The summed E-state index contributed by atoms with van der Waals surface area (Å²) in [6.45, 7) is 4.55. The van der Waals surface area contributed by atoms with Crippen LogP contribution < -0.4 is 19.5 Å². The first-order valence-electron chi connectivity index (χ1n) is 9.89. The van der Waals surface area contributed by atoms with Crippen LogP contribution in [0.25, 0.3) is 11.3 Å². The number of amides is 1. The van der Waals surface area contributed by atoms with Gasteiger partial charge in [-0.1, -0.05) is 19.4 Å². The summed E-state index contributed by atoms with van der Waals surface area (Å²) in [7, 11) is 1.59. The van der Waals surface area contributed by atoms with E-state index in [4.69, 9.17) is 14.2 Å². The molecule has 1 atom stereocenters. The maximum absolute atomic E-state index is 12.5. The van der Waals surface area contributed by atoms with E-state index in [1.54, 1.807) is 26.2 Å². The summed E-state index contributed by atoms with van der Waals surface area (Å²) in [5.74, 6) is 1.82. The Hall–Kier alpha value is -3.06. The molecule has 1 amide bonds. The molecule has 0 saturated carbocycles. The quantitative estimate of drug-likeness (QED) is 0.439. The number of carbonyl (C=O) groups excluding carboxylic acids is 1. The summed E-state index contributed by atoms with van der Waals surface area (Å²) in [5.41, 5.74) is 1.77. The van der Waals surface area contributed by atoms with Crippen LogP contribution in [0.3, 0.4) is 0 Å². The zero-order valence-electron chi connectivity index (χ0n) is 17.4. The van der Waals surface area contributed by atoms with Gasteiger partial charge in [0.25, 0.3) is 5.91 Å². The number of nitrogens with zero attached hydrogens (tertiary/aromatic N) is 1. The molecule has 0 spiro atoms. The summed E-state index contributed by atoms with van der Waals surface area (Å²) in [6, 6.07) is 15.0. The molecule has 1 N–H and O–H groups in total. The van der Waals surface area contributed by atoms with Crippen LogP contribution in [0.1, 0.15) is 26.7 Å². The normalized spacial score (nSPS) is 11.6. The van der Waals surface area contributed by atoms with Crippen molar-refractivity contribution < 1.29 is 19.0 Å². The average molecular weight is 427 g/mol. The van der Waals surface area contributed by atoms with Crippen LogP contribution in [-0.4, -0.2) is 30.7 Å². The lowest BCUT2D eigenvalue weighted by Crippen LogP contribution is -2.30. The Balaban J connectivity index is 1.57. The third kappa shape index (κ3) is 5.97. The van der Waals surface area contributed by atoms with Crippen molar-refractivity contribution in [3.63, 3.8) is 0 Å². The van der Waals surface area contributed by atoms with Crippen molar-refractivity contribution in [2.75, 3.05) is 19.0 Å². The number of unbranched alkanes of at least 4 members (excludes halogenated alkanes) is 1. The summed E-state index contributed by atoms with van der Waals surface area (Å²) in [5, 5.41) is 5.25. The van der Waals surface area contributed by atoms with E-state index in [1.807, 2.05) is 41.8 Å². The van der Waals surface area contributed by atoms with Crippen LogP contribution in [0.2, 0.25) is 0 Å². The summed E-state index contributed by atoms with van der Waals surface area (Å²) in [6.07, 6.45) is 1.47. The average Bonchev–Trinajstić information content (AvgIpc) is 3.23. The van der Waals surface area contributed by atoms with Gasteiger partial charge in [0.05, 0.1) is 19.4 Å². The molecule has 3 rings (SSSR count). The second kappa shape index (κ2) is 10.6. The highest BCUT2D eigenvalue weighted by Gasteiger charge is 2.17. The second-order valence-corrected chi connectivity index (χ2v) is 7.55. The zero-order valence-corrected chi connectivity index (χ0v) is 18.2. The van der Waals surface area contributed by atoms with Crippen molar-refractivity contribution in [2.24, 2.45) is 0 Å². The minimum absolute atomic E-state index is 0.265. The predicted octanol–water partition coefficient (Wildman–Crippen LogP) is 5.40. The smallest absolute Gasteiger partial charge is 0.266 e. The minimum atomic E-state index is -0.677. The van der Waals surface area contributed by atoms with Crippen LogP contribution in [0.4, 0.5) is 5.13 Å². The molecule has 0 saturated heterocycles. The molecule has 0 aliphatic heterocycles. The molecule has 0 radical (unpaired) electrons. The third-order valence-corrected chi connectivity index (χ3v) is 5.13. The van der Waals surface area contributed by atoms with Gasteiger partial charge in [-0.25, -0.2) is 4.98 Å². The fraction of sp³-hybridized carbons (Fsp3) is 0.304. The highest BCUT2D eigenvalue weighted by molar-refractivity contribution is 7.14. The van der Waals surface area contributed by atoms with E-state index < -0.39 is 6.10 Å². The molecular weight excluding hydrogens is 400 g/mol. The number of thiazole rings is 1. The predicted molar refractivity (Wildman–Crippen MR) is 120 cm³/mol. The Bertz CT molecular complexity index is 956. The van der Waals surface area contributed by atoms with Crippen molar-refractivity contribution in [1.29, 1.82) is 0 Å². The first kappa shape index (κ1) is 21.6. The van der Waals surface area contributed by atoms with Crippen LogP contribution >= 0.6 is 11.3 Å². The Labute approximate surface area is 180 Å². The van der Waals surface area contributed by atoms with E-state index >= 15 is 0 Å². The van der Waals surface area contributed by atoms with Gasteiger partial charge < -0.3 is 14.2 Å². The molecule has 1 heterocycles. The number of hydrogen-bond donors (Lipinski definition) is 1. The van der Waals surface area contributed by atoms with Gasteiger partial charge in [-0.2, -0.15) is 0 Å². The fourth-order valence-electron chi connectivity index (χ4n) is 2.66. The number of nitrogens with one attached hydrogen (secondary N) is 1. The third-order valence-electron chi connectivity index (χ3n) is 4.37. The number of methoxy groups -OCH3 is 1. The van der Waals surface area contributed by atoms with Crippen LogP contribution in [0.15, 0.2) is 53.9 Å². The zero-order chi connectivity index (χ0) is 21.3. The van der Waals surface area contributed by atoms with Crippen LogP contribution in [-0.2, 0) is 4.79 Å². The standard InChI is InChI=1S/C23H26N2O4S/c1-4-5-13-28-18-11-9-17(10-12-18)21-15-30-23(24-21)25-22(26)16(2)29-20-8-6-7-19(14-20)27-3/h6-12,14-16H,4-5,13H2,1-3H3,(H,24,25,26). The molecular formula is C23H26N2O4S. The SMILES string of the molecule is CCCCOc1ccc(-c2csc(NC(=O)C(C)Oc3cccc(OC)c3)n2)cc1. The first-order valence-corrected chi connectivity index (χ1v) is 10.8. The second-order valence-electron chi connectivity index (χ2n) is 6.69. The Morgan fingerprint density at radius 3 is 2.63 bits per heavy atom. The highest BCUT2D eigenvalue weighted by Crippen LogP contribution is 2.27. The van der Waals surface area contributed by atoms with E-state index in [-0.39, 0.29) is 5.91 Å². The number of rotatable bonds is 10. The van der Waals surface area contributed by atoms with Gasteiger partial charge in [-0.3, -0.25) is 10.1 Å². The highest BCUT2D eigenvalue weighted by atomic mass is 32.1. The number of benzene rings is 2. The van der Waals surface area contributed by atoms with Crippen LogP contribution in [0.5, 0.6) is 17.2 Å². The number of hydrogen-bond acceptors (Lipinski definition) is 6. The van der Waals surface area contributed by atoms with Gasteiger partial charge in [-0.05, 0) is 49.7 Å². The number of ether oxygens (including phenoxy) is 3. The number of anilines is 1. The van der Waals surface area contributed by atoms with Gasteiger partial charge in [0.2, 0.25) is 0 Å². The van der Waals surface area contributed by atoms with Gasteiger partial charge in [0.15, 0.2) is 11.2 Å². The van der Waals surface area contributed by atoms with Crippen molar-refractivity contribution in [3.8, 4) is 28.5 Å². The molecule has 0 fully saturated rings. The van der Waals surface area contributed by atoms with Gasteiger partial charge >= 0.3 is 0 Å². The molecule has 0 aliphatic rings. The molecule has 158 valence electrons. The monoisotopic (exact) mass is 426 g/mol. The van der Waals surface area contributed by atoms with Crippen molar-refractivity contribution in [3.05, 3.63) is 53.9 Å². The van der Waals surface area contributed by atoms with Crippen molar-refractivity contribution in [1.82, 2.24) is 4.98 Å². The molecule has 2 aromatic carbocycles. The van der Waals surface area contributed by atoms with Gasteiger partial charge in [-0.15, -0.1) is 11.3 Å². The van der Waals surface area contributed by atoms with E-state index in [1.165, 1.54) is 11.3 Å². The maximum atomic E-state index is 12.5. The summed E-state index contributed by atoms with van der Waals surface area (Å²) < 4.78 is 16.6. The van der Waals surface area contributed by atoms with Crippen LogP contribution in [0, 0.1) is 0 Å². The van der Waals surface area contributed by atoms with E-state index in [0.717, 1.165) is 36.5 Å². The molecule has 0 bridgehead atoms. The molecule has 7 heteroatoms. The first-order chi connectivity index (χ1) is 14.6. The summed E-state index contributed by atoms with van der Waals surface area (Å²) >= 11 is 1.37. The molecule has 1 aromatic heterocycles. The largest absolute Gasteiger partial charge is 0.497 e. The fourth-order valence-corrected chi connectivity index (χ4v) is 3.38. The maximum Gasteiger partial charge on any atom is 0.266 e. The van der Waals surface area contributed by atoms with Gasteiger partial charge in [0, 0.05) is 17.0 Å². The lowest BCUT2D eigenvalue weighted by atomic mass is 10.2. The van der Waals surface area contributed by atoms with Crippen molar-refractivity contribution in [2.45, 2.75) is 32.8 Å². The molecule has 6 nitrogen and oxygen atoms in total. The Morgan fingerprint density at radius 2 is 1.90 bits per heavy atom. The molecule has 30 heavy (non-hydrogen) atoms. The molecule has 0 aliphatic carbocycles. The van der Waals surface area contributed by atoms with E-state index in [2.05, 4.69) is 17.2 Å². The van der Waals surface area contributed by atoms with Crippen molar-refractivity contribution >= 4 is 22.4 Å². The van der Waals surface area contributed by atoms with E-state index in [0.29, 0.717) is 16.6 Å². The Morgan fingerprint density at radius 1 is 1.13 bits per heavy atom. The molecule has 3 aromatic rings. The molecule has 1 unspecified atom stereocenters. The number of aromatic nitrogens is 1. The van der Waals surface area contributed by atoms with E-state index in [9.17, 15) is 4.79 Å². The lowest BCUT2D eigenvalue weighted by molar-refractivity contribution is -0.122. The van der Waals surface area contributed by atoms with Gasteiger partial charge in [0.1, 0.15) is 17.2 Å². The Kier molecular flexibility index (Phi) is 7.68. The number of carbonyl (C=O) groups is 1.